The minimum Gasteiger partial charge on any atom is -0.497 e. The molecule has 0 spiro atoms. The van der Waals surface area contributed by atoms with E-state index in [-0.39, 0.29) is 11.4 Å². The molecule has 2 heterocycles. The van der Waals surface area contributed by atoms with Crippen molar-refractivity contribution in [3.63, 3.8) is 0 Å². The van der Waals surface area contributed by atoms with Gasteiger partial charge in [0, 0.05) is 23.7 Å². The molecule has 0 aliphatic heterocycles. The van der Waals surface area contributed by atoms with Crippen LogP contribution < -0.4 is 15.6 Å². The van der Waals surface area contributed by atoms with E-state index < -0.39 is 17.5 Å². The second-order valence-electron chi connectivity index (χ2n) is 7.72. The van der Waals surface area contributed by atoms with Crippen LogP contribution in [0, 0.1) is 5.82 Å². The van der Waals surface area contributed by atoms with Crippen LogP contribution in [-0.4, -0.2) is 22.6 Å². The van der Waals surface area contributed by atoms with Gasteiger partial charge in [-0.15, -0.1) is 0 Å². The Morgan fingerprint density at radius 3 is 2.42 bits per heavy atom. The summed E-state index contributed by atoms with van der Waals surface area (Å²) in [5.41, 5.74) is 2.69. The number of benzene rings is 2. The highest BCUT2D eigenvalue weighted by Gasteiger charge is 2.18. The molecule has 168 valence electrons. The molecule has 4 aromatic rings. The van der Waals surface area contributed by atoms with Crippen LogP contribution in [0.5, 0.6) is 5.75 Å². The fraction of sp³-hybridized carbons (Fsp3) is 0.192. The number of halogens is 1. The minimum atomic E-state index is -0.490. The maximum Gasteiger partial charge on any atom is 0.265 e. The molecule has 0 saturated heterocycles. The highest BCUT2D eigenvalue weighted by molar-refractivity contribution is 5.97. The summed E-state index contributed by atoms with van der Waals surface area (Å²) in [7, 11) is 1.61. The van der Waals surface area contributed by atoms with Crippen molar-refractivity contribution in [3.8, 4) is 16.9 Å². The van der Waals surface area contributed by atoms with E-state index in [1.54, 1.807) is 38.4 Å². The Labute approximate surface area is 190 Å². The molecule has 6 nitrogen and oxygen atoms in total. The van der Waals surface area contributed by atoms with Crippen LogP contribution in [0.2, 0.25) is 0 Å². The molecule has 0 radical (unpaired) electrons. The molecular weight excluding hydrogens is 421 g/mol. The summed E-state index contributed by atoms with van der Waals surface area (Å²) in [5, 5.41) is 3.52. The average molecular weight is 445 g/mol. The Hall–Kier alpha value is -4.00. The first-order valence-corrected chi connectivity index (χ1v) is 10.7. The third-order valence-corrected chi connectivity index (χ3v) is 5.63. The van der Waals surface area contributed by atoms with Gasteiger partial charge in [-0.05, 0) is 61.4 Å². The molecule has 0 aliphatic carbocycles. The van der Waals surface area contributed by atoms with Gasteiger partial charge in [-0.2, -0.15) is 0 Å². The molecule has 7 heteroatoms. The van der Waals surface area contributed by atoms with Crippen LogP contribution >= 0.6 is 0 Å². The van der Waals surface area contributed by atoms with Gasteiger partial charge >= 0.3 is 0 Å². The van der Waals surface area contributed by atoms with E-state index in [4.69, 9.17) is 4.74 Å². The summed E-state index contributed by atoms with van der Waals surface area (Å²) in [6.45, 7) is 4.00. The van der Waals surface area contributed by atoms with Gasteiger partial charge < -0.3 is 10.1 Å². The van der Waals surface area contributed by atoms with Crippen molar-refractivity contribution in [1.29, 1.82) is 0 Å². The fourth-order valence-corrected chi connectivity index (χ4v) is 3.77. The van der Waals surface area contributed by atoms with E-state index in [1.807, 2.05) is 37.3 Å². The number of pyridine rings is 2. The minimum absolute atomic E-state index is 0.0343. The Bertz CT molecular complexity index is 1360. The molecule has 0 fully saturated rings. The largest absolute Gasteiger partial charge is 0.497 e. The monoisotopic (exact) mass is 445 g/mol. The van der Waals surface area contributed by atoms with Gasteiger partial charge in [-0.3, -0.25) is 14.2 Å². The van der Waals surface area contributed by atoms with E-state index >= 15 is 0 Å². The summed E-state index contributed by atoms with van der Waals surface area (Å²) in [5.74, 6) is -0.0878. The Balaban J connectivity index is 1.72. The molecule has 1 amide bonds. The molecule has 1 atom stereocenters. The zero-order chi connectivity index (χ0) is 23.5. The molecule has 2 aromatic heterocycles. The number of rotatable bonds is 6. The van der Waals surface area contributed by atoms with Crippen molar-refractivity contribution in [3.05, 3.63) is 94.2 Å². The third-order valence-electron chi connectivity index (χ3n) is 5.63. The number of fused-ring (bicyclic) bond motifs is 1. The second kappa shape index (κ2) is 9.24. The number of amides is 1. The molecule has 0 saturated carbocycles. The molecular formula is C26H24FN3O3. The van der Waals surface area contributed by atoms with Crippen LogP contribution in [0.3, 0.4) is 0 Å². The lowest BCUT2D eigenvalue weighted by Gasteiger charge is -2.16. The smallest absolute Gasteiger partial charge is 0.265 e. The number of carbonyl (C=O) groups is 1. The van der Waals surface area contributed by atoms with Crippen molar-refractivity contribution in [2.24, 2.45) is 0 Å². The van der Waals surface area contributed by atoms with E-state index in [9.17, 15) is 14.0 Å². The summed E-state index contributed by atoms with van der Waals surface area (Å²) in [4.78, 5) is 30.6. The zero-order valence-electron chi connectivity index (χ0n) is 18.6. The second-order valence-corrected chi connectivity index (χ2v) is 7.72. The molecule has 1 unspecified atom stereocenters. The predicted octanol–water partition coefficient (Wildman–Crippen LogP) is 4.72. The average Bonchev–Trinajstić information content (AvgIpc) is 2.83. The summed E-state index contributed by atoms with van der Waals surface area (Å²) >= 11 is 0. The Kier molecular flexibility index (Phi) is 6.22. The lowest BCUT2D eigenvalue weighted by molar-refractivity contribution is 0.0938. The fourth-order valence-electron chi connectivity index (χ4n) is 3.77. The van der Waals surface area contributed by atoms with Gasteiger partial charge in [0.2, 0.25) is 0 Å². The number of ether oxygens (including phenoxy) is 1. The topological polar surface area (TPSA) is 73.2 Å². The van der Waals surface area contributed by atoms with Crippen molar-refractivity contribution in [2.75, 3.05) is 7.11 Å². The van der Waals surface area contributed by atoms with Crippen molar-refractivity contribution in [1.82, 2.24) is 14.9 Å². The Morgan fingerprint density at radius 2 is 1.79 bits per heavy atom. The van der Waals surface area contributed by atoms with Gasteiger partial charge in [0.05, 0.1) is 13.2 Å². The molecule has 4 rings (SSSR count). The van der Waals surface area contributed by atoms with Crippen molar-refractivity contribution >= 4 is 16.9 Å². The van der Waals surface area contributed by atoms with Crippen LogP contribution in [0.15, 0.2) is 71.7 Å². The van der Waals surface area contributed by atoms with Crippen LogP contribution in [0.25, 0.3) is 22.2 Å². The normalized spacial score (nSPS) is 11.9. The molecule has 0 bridgehead atoms. The Morgan fingerprint density at radius 1 is 1.09 bits per heavy atom. The van der Waals surface area contributed by atoms with Crippen LogP contribution in [-0.2, 0) is 6.54 Å². The van der Waals surface area contributed by atoms with Gasteiger partial charge in [0.15, 0.2) is 0 Å². The van der Waals surface area contributed by atoms with E-state index in [2.05, 4.69) is 10.3 Å². The molecule has 33 heavy (non-hydrogen) atoms. The number of nitrogens with zero attached hydrogens (tertiary/aromatic N) is 2. The van der Waals surface area contributed by atoms with Crippen molar-refractivity contribution < 1.29 is 13.9 Å². The van der Waals surface area contributed by atoms with E-state index in [0.717, 1.165) is 22.4 Å². The van der Waals surface area contributed by atoms with Gasteiger partial charge in [0.25, 0.3) is 11.5 Å². The number of hydrogen-bond donors (Lipinski definition) is 1. The van der Waals surface area contributed by atoms with E-state index in [1.165, 1.54) is 16.7 Å². The van der Waals surface area contributed by atoms with Crippen LogP contribution in [0.4, 0.5) is 4.39 Å². The van der Waals surface area contributed by atoms with Gasteiger partial charge in [-0.1, -0.05) is 24.3 Å². The van der Waals surface area contributed by atoms with Crippen molar-refractivity contribution in [2.45, 2.75) is 26.4 Å². The summed E-state index contributed by atoms with van der Waals surface area (Å²) < 4.78 is 19.9. The zero-order valence-corrected chi connectivity index (χ0v) is 18.6. The standard InChI is InChI=1S/C26H24FN3O3/c1-4-30-24-19(13-20(15-28-24)18-7-11-22(33-3)12-8-18)14-23(26(30)32)25(31)29-16(2)17-5-9-21(27)10-6-17/h5-16H,4H2,1-3H3,(H,29,31). The van der Waals surface area contributed by atoms with Gasteiger partial charge in [0.1, 0.15) is 22.8 Å². The first kappa shape index (κ1) is 22.2. The third kappa shape index (κ3) is 4.48. The van der Waals surface area contributed by atoms with Gasteiger partial charge in [-0.25, -0.2) is 9.37 Å². The molecule has 0 aliphatic rings. The number of hydrogen-bond acceptors (Lipinski definition) is 4. The number of aryl methyl sites for hydroxylation is 1. The van der Waals surface area contributed by atoms with Crippen LogP contribution in [0.1, 0.15) is 35.8 Å². The number of carbonyl (C=O) groups excluding carboxylic acids is 1. The number of methoxy groups -OCH3 is 1. The first-order chi connectivity index (χ1) is 15.9. The maximum absolute atomic E-state index is 13.2. The number of nitrogens with one attached hydrogen (secondary N) is 1. The highest BCUT2D eigenvalue weighted by atomic mass is 19.1. The molecule has 1 N–H and O–H groups in total. The summed E-state index contributed by atoms with van der Waals surface area (Å²) in [6, 6.07) is 16.6. The highest BCUT2D eigenvalue weighted by Crippen LogP contribution is 2.25. The van der Waals surface area contributed by atoms with E-state index in [0.29, 0.717) is 17.6 Å². The first-order valence-electron chi connectivity index (χ1n) is 10.7. The quantitative estimate of drug-likeness (QED) is 0.466. The maximum atomic E-state index is 13.2. The predicted molar refractivity (Wildman–Crippen MR) is 126 cm³/mol. The molecule has 2 aromatic carbocycles. The lowest BCUT2D eigenvalue weighted by atomic mass is 10.0. The SMILES string of the molecule is CCn1c(=O)c(C(=O)NC(C)c2ccc(F)cc2)cc2cc(-c3ccc(OC)cc3)cnc21. The number of aromatic nitrogens is 2. The summed E-state index contributed by atoms with van der Waals surface area (Å²) in [6.07, 6.45) is 1.71. The lowest BCUT2D eigenvalue weighted by Crippen LogP contribution is -2.34.